The van der Waals surface area contributed by atoms with Crippen LogP contribution in [0.4, 0.5) is 0 Å². The molecule has 2 rings (SSSR count). The van der Waals surface area contributed by atoms with Gasteiger partial charge in [0.25, 0.3) is 0 Å². The van der Waals surface area contributed by atoms with Crippen LogP contribution in [0.25, 0.3) is 10.8 Å². The van der Waals surface area contributed by atoms with Crippen molar-refractivity contribution in [3.8, 4) is 0 Å². The van der Waals surface area contributed by atoms with Crippen molar-refractivity contribution in [1.29, 1.82) is 0 Å². The number of hydrogen-bond acceptors (Lipinski definition) is 0. The van der Waals surface area contributed by atoms with Gasteiger partial charge in [-0.1, -0.05) is 76.6 Å². The van der Waals surface area contributed by atoms with Crippen LogP contribution in [0.15, 0.2) is 36.4 Å². The van der Waals surface area contributed by atoms with E-state index in [9.17, 15) is 0 Å². The van der Waals surface area contributed by atoms with Gasteiger partial charge in [-0.25, -0.2) is 0 Å². The maximum absolute atomic E-state index is 2.29. The van der Waals surface area contributed by atoms with Gasteiger partial charge in [0.05, 0.1) is 0 Å². The first-order valence-electron chi connectivity index (χ1n) is 26.5. The van der Waals surface area contributed by atoms with E-state index in [-0.39, 0.29) is 71.0 Å². The normalized spacial score (nSPS) is 5.86. The van der Waals surface area contributed by atoms with Gasteiger partial charge in [-0.15, -0.1) is 0 Å². The molecular weight excluding hydrogens is 3720 g/mol. The molecule has 140 valence electrons. The molecule has 0 radical (unpaired) electrons. The second-order valence-electron chi connectivity index (χ2n) is 5.28. The predicted octanol–water partition coefficient (Wildman–Crippen LogP) is -12.3. The second-order valence-corrected chi connectivity index (χ2v) is 5.28. The first-order valence-corrected chi connectivity index (χ1v) is 706. The Labute approximate surface area is 1410 Å². The van der Waals surface area contributed by atoms with Crippen LogP contribution in [0.2, 0.25) is 0 Å². The van der Waals surface area contributed by atoms with E-state index in [0.29, 0.717) is 0 Å². The SMILES string of the molecule is CC.Cc1ccc2cccc(C(C)(C)C)c2c1.[CH3-].[Rb+].[Rb][Rb].[Rb][Rb].[Rb][Rb].[Rb][Rb].[Rb][Rb].[Rb][Rb].[Rb][Rb].[Rb][Rb].[Rb][Rb].[Rb][Rb].[Rb][Rb].[Rb][Rb].[Rb][Rb].[Rb][Rb].[Rb][Rb].[Rb][Rb].[Rb][Rb].[Rb][Rb].[Rb][Rb].[Rb][Rb]. The summed E-state index contributed by atoms with van der Waals surface area (Å²) in [5, 5.41) is 2.73. The molecule has 0 atom stereocenters. The van der Waals surface area contributed by atoms with Gasteiger partial charge in [0.2, 0.25) is 0 Å². The Hall–Kier alpha value is 72.7. The van der Waals surface area contributed by atoms with E-state index >= 15 is 0 Å². The third kappa shape index (κ3) is 209. The Morgan fingerprint density at radius 3 is 0.678 bits per heavy atom. The molecule has 0 bridgehead atoms. The molecule has 0 spiro atoms. The molecule has 0 saturated carbocycles. The van der Waals surface area contributed by atoms with Crippen molar-refractivity contribution < 1.29 is 58.2 Å². The quantitative estimate of drug-likeness (QED) is 0.231. The van der Waals surface area contributed by atoms with E-state index in [1.54, 1.807) is 0 Å². The van der Waals surface area contributed by atoms with Crippen molar-refractivity contribution in [3.63, 3.8) is 0 Å². The Morgan fingerprint density at radius 2 is 0.508 bits per heavy atom. The molecule has 0 unspecified atom stereocenters. The fourth-order valence-electron chi connectivity index (χ4n) is 2.04. The van der Waals surface area contributed by atoms with Crippen molar-refractivity contribution in [3.05, 3.63) is 55.0 Å². The number of benzene rings is 2. The maximum atomic E-state index is 2.29. The minimum absolute atomic E-state index is 0. The summed E-state index contributed by atoms with van der Waals surface area (Å²) in [4.78, 5) is 0. The van der Waals surface area contributed by atoms with Crippen molar-refractivity contribution in [2.75, 3.05) is 0 Å². The molecule has 0 saturated heterocycles. The number of aryl methyl sites for hydroxylation is 1. The molecular formula is C18H27Rb41. The van der Waals surface area contributed by atoms with Gasteiger partial charge in [-0.05, 0) is 28.7 Å². The Kier molecular flexibility index (Phi) is 745. The molecule has 0 aliphatic rings. The fraction of sp³-hybridized carbons (Fsp3) is 0.389. The summed E-state index contributed by atoms with van der Waals surface area (Å²) in [6, 6.07) is 13.2. The third-order valence-corrected chi connectivity index (χ3v) is 2.85. The molecule has 41 heteroatoms. The summed E-state index contributed by atoms with van der Waals surface area (Å²) in [6.45, 7) is 13.0. The number of fused-ring (bicyclic) bond motifs is 1. The zero-order valence-electron chi connectivity index (χ0n) is 54.0. The molecule has 0 aromatic heterocycles. The summed E-state index contributed by atoms with van der Waals surface area (Å²) >= 11 is 46.4. The summed E-state index contributed by atoms with van der Waals surface area (Å²) in [7, 11) is 0. The second kappa shape index (κ2) is 235. The van der Waals surface area contributed by atoms with Crippen LogP contribution in [0.5, 0.6) is 0 Å². The molecule has 0 N–H and O–H groups in total. The van der Waals surface area contributed by atoms with E-state index in [1.807, 2.05) is 13.8 Å². The van der Waals surface area contributed by atoms with E-state index in [4.69, 9.17) is 0 Å². The fourth-order valence-corrected chi connectivity index (χ4v) is 2.04. The van der Waals surface area contributed by atoms with E-state index < -0.39 is 0 Å². The first-order chi connectivity index (χ1) is 28.0. The van der Waals surface area contributed by atoms with Crippen LogP contribution in [0.1, 0.15) is 45.7 Å². The summed E-state index contributed by atoms with van der Waals surface area (Å²) in [5.41, 5.74) is 2.98. The molecule has 0 heterocycles. The predicted molar refractivity (Wildman–Crippen MR) is 315 cm³/mol. The minimum atomic E-state index is 0. The summed E-state index contributed by atoms with van der Waals surface area (Å²) in [6.07, 6.45) is 0. The number of rotatable bonds is 0. The Morgan fingerprint density at radius 1 is 0.322 bits per heavy atom. The van der Waals surface area contributed by atoms with Crippen LogP contribution >= 0.6 is 0 Å². The molecule has 0 amide bonds. The van der Waals surface area contributed by atoms with E-state index in [0.717, 1.165) is 1350 Å². The van der Waals surface area contributed by atoms with Gasteiger partial charge in [-0.2, -0.15) is 0 Å². The van der Waals surface area contributed by atoms with Crippen molar-refractivity contribution in [2.45, 2.75) is 47.0 Å². The Bertz CT molecular complexity index is 539. The average Bonchev–Trinajstić information content (AvgIpc) is 3.39. The molecule has 2 aromatic carbocycles. The molecule has 0 aliphatic carbocycles. The first kappa shape index (κ1) is 187. The molecule has 2 aromatic rings. The van der Waals surface area contributed by atoms with Crippen LogP contribution in [0, 0.1) is 14.4 Å². The van der Waals surface area contributed by atoms with Gasteiger partial charge in [0.15, 0.2) is 0 Å². The molecule has 59 heavy (non-hydrogen) atoms. The van der Waals surface area contributed by atoms with Crippen LogP contribution < -0.4 is 58.2 Å². The molecule has 0 nitrogen and oxygen atoms in total. The van der Waals surface area contributed by atoms with Crippen LogP contribution in [-0.2, 0) is 5.41 Å². The molecule has 0 aliphatic heterocycles. The van der Waals surface area contributed by atoms with Crippen LogP contribution in [-0.4, -0.2) is 1350 Å². The zero-order valence-corrected chi connectivity index (χ0v) is 256. The monoisotopic (exact) mass is 3720 g/mol. The van der Waals surface area contributed by atoms with Crippen LogP contribution in [0.3, 0.4) is 0 Å². The van der Waals surface area contributed by atoms with Gasteiger partial charge in [0.1, 0.15) is 0 Å². The van der Waals surface area contributed by atoms with Crippen molar-refractivity contribution >= 4 is 1370 Å². The Balaban J connectivity index is -0.0000000135. The summed E-state index contributed by atoms with van der Waals surface area (Å²) < 4.78 is 0. The van der Waals surface area contributed by atoms with Crippen molar-refractivity contribution in [1.82, 2.24) is 0 Å². The van der Waals surface area contributed by atoms with Gasteiger partial charge in [-0.3, -0.25) is 0 Å². The van der Waals surface area contributed by atoms with Gasteiger partial charge >= 0.3 is 1410 Å². The topological polar surface area (TPSA) is 0 Å². The van der Waals surface area contributed by atoms with E-state index in [1.165, 1.54) is 21.9 Å². The molecule has 0 fully saturated rings. The van der Waals surface area contributed by atoms with Gasteiger partial charge < -0.3 is 7.43 Å². The number of hydrogen-bond donors (Lipinski definition) is 0. The summed E-state index contributed by atoms with van der Waals surface area (Å²) in [5.74, 6) is 0. The third-order valence-electron chi connectivity index (χ3n) is 2.85. The van der Waals surface area contributed by atoms with Gasteiger partial charge in [0, 0.05) is 0 Å². The average molecular weight is 3750 g/mol. The van der Waals surface area contributed by atoms with E-state index in [2.05, 4.69) is 64.1 Å². The van der Waals surface area contributed by atoms with Crippen molar-refractivity contribution in [2.24, 2.45) is 0 Å². The zero-order chi connectivity index (χ0) is 53.1. The standard InChI is InChI=1S/C15H18.C2H6.CH3.41Rb/c1-11-8-9-12-6-5-7-14(13(12)10-11)15(2,3)4;1-2;;;;;;;;;;;;;;;;;;;;;;;;;;;;;;;;;;;;;;;;;;/h5-10H,1-4H3;1-2H3;1H3;;;;;;;;;;;;;;;;;;;;;;;;;;;;;;;;;;;;;;;;;/q;;-1;;;;;;;;;;;;;;;;;;;;;;;;;;;;;;;;;;;;;;;;;+1.